The quantitative estimate of drug-likeness (QED) is 0.674. The van der Waals surface area contributed by atoms with E-state index in [0.717, 1.165) is 77.0 Å². The lowest BCUT2D eigenvalue weighted by molar-refractivity contribution is 0.0161. The predicted molar refractivity (Wildman–Crippen MR) is 124 cm³/mol. The van der Waals surface area contributed by atoms with E-state index in [1.165, 1.54) is 11.4 Å². The molecule has 0 saturated carbocycles. The number of morpholine rings is 2. The Balaban J connectivity index is 1.52. The topological polar surface area (TPSA) is 54.8 Å². The number of anilines is 1. The number of nitrogens with one attached hydrogen (secondary N) is 1. The van der Waals surface area contributed by atoms with Crippen LogP contribution in [0.25, 0.3) is 0 Å². The third kappa shape index (κ3) is 5.31. The van der Waals surface area contributed by atoms with Crippen LogP contribution in [0.4, 0.5) is 10.2 Å². The number of benzene rings is 1. The Hall–Kier alpha value is -2.00. The molecule has 1 aromatic heterocycles. The molecule has 2 aromatic rings. The largest absolute Gasteiger partial charge is 0.379 e. The highest BCUT2D eigenvalue weighted by molar-refractivity contribution is 5.51. The summed E-state index contributed by atoms with van der Waals surface area (Å²) in [6.07, 6.45) is 0. The fourth-order valence-corrected chi connectivity index (χ4v) is 4.75. The molecule has 3 heterocycles. The van der Waals surface area contributed by atoms with Crippen LogP contribution in [0, 0.1) is 5.82 Å². The smallest absolute Gasteiger partial charge is 0.131 e. The molecule has 1 N–H and O–H groups in total. The van der Waals surface area contributed by atoms with Crippen molar-refractivity contribution in [3.8, 4) is 0 Å². The van der Waals surface area contributed by atoms with Gasteiger partial charge in [0, 0.05) is 57.9 Å². The summed E-state index contributed by atoms with van der Waals surface area (Å²) in [5, 5.41) is 8.58. The molecule has 2 aliphatic heterocycles. The molecular weight excluding hydrogens is 409 g/mol. The molecule has 4 rings (SSSR count). The molecule has 7 nitrogen and oxygen atoms in total. The molecule has 8 heteroatoms. The average Bonchev–Trinajstić information content (AvgIpc) is 3.15. The number of aryl methyl sites for hydroxylation is 1. The summed E-state index contributed by atoms with van der Waals surface area (Å²) < 4.78 is 26.7. The Kier molecular flexibility index (Phi) is 7.78. The van der Waals surface area contributed by atoms with Crippen molar-refractivity contribution in [2.75, 3.05) is 64.1 Å². The van der Waals surface area contributed by atoms with Gasteiger partial charge in [-0.2, -0.15) is 5.10 Å². The van der Waals surface area contributed by atoms with Crippen molar-refractivity contribution in [2.45, 2.75) is 32.4 Å². The van der Waals surface area contributed by atoms with Gasteiger partial charge >= 0.3 is 0 Å². The Labute approximate surface area is 190 Å². The first-order chi connectivity index (χ1) is 15.5. The van der Waals surface area contributed by atoms with Gasteiger partial charge in [-0.3, -0.25) is 9.58 Å². The number of aromatic nitrogens is 2. The Morgan fingerprint density at radius 3 is 2.25 bits per heavy atom. The van der Waals surface area contributed by atoms with Crippen molar-refractivity contribution in [2.24, 2.45) is 7.05 Å². The minimum Gasteiger partial charge on any atom is -0.379 e. The number of ether oxygens (including phenoxy) is 2. The molecule has 2 aliphatic rings. The summed E-state index contributed by atoms with van der Waals surface area (Å²) in [4.78, 5) is 4.82. The lowest BCUT2D eigenvalue weighted by Crippen LogP contribution is -2.43. The van der Waals surface area contributed by atoms with Crippen LogP contribution in [-0.4, -0.2) is 73.8 Å². The summed E-state index contributed by atoms with van der Waals surface area (Å²) in [6, 6.07) is 7.08. The van der Waals surface area contributed by atoms with Crippen molar-refractivity contribution >= 4 is 5.82 Å². The summed E-state index contributed by atoms with van der Waals surface area (Å²) in [5.41, 5.74) is 3.54. The van der Waals surface area contributed by atoms with E-state index in [2.05, 4.69) is 29.0 Å². The molecule has 0 amide bonds. The second kappa shape index (κ2) is 10.7. The predicted octanol–water partition coefficient (Wildman–Crippen LogP) is 2.68. The summed E-state index contributed by atoms with van der Waals surface area (Å²) in [5.74, 6) is 1.34. The van der Waals surface area contributed by atoms with Crippen LogP contribution >= 0.6 is 0 Å². The second-order valence-electron chi connectivity index (χ2n) is 8.91. The maximum Gasteiger partial charge on any atom is 0.131 e. The van der Waals surface area contributed by atoms with E-state index in [0.29, 0.717) is 5.92 Å². The zero-order valence-electron chi connectivity index (χ0n) is 19.5. The van der Waals surface area contributed by atoms with Crippen LogP contribution in [0.2, 0.25) is 0 Å². The van der Waals surface area contributed by atoms with Crippen LogP contribution in [0.3, 0.4) is 0 Å². The maximum atomic E-state index is 13.5. The van der Waals surface area contributed by atoms with Gasteiger partial charge in [0.2, 0.25) is 0 Å². The number of halogens is 1. The molecule has 0 spiro atoms. The van der Waals surface area contributed by atoms with Crippen molar-refractivity contribution in [3.05, 3.63) is 46.9 Å². The van der Waals surface area contributed by atoms with E-state index in [9.17, 15) is 4.39 Å². The van der Waals surface area contributed by atoms with Gasteiger partial charge in [0.05, 0.1) is 32.1 Å². The molecule has 1 aromatic carbocycles. The van der Waals surface area contributed by atoms with Gasteiger partial charge in [0.15, 0.2) is 0 Å². The van der Waals surface area contributed by atoms with Gasteiger partial charge in [-0.15, -0.1) is 0 Å². The molecule has 1 unspecified atom stereocenters. The van der Waals surface area contributed by atoms with Gasteiger partial charge in [0.25, 0.3) is 0 Å². The number of nitrogens with zero attached hydrogens (tertiary/aromatic N) is 4. The van der Waals surface area contributed by atoms with Crippen LogP contribution < -0.4 is 10.2 Å². The Bertz CT molecular complexity index is 858. The fourth-order valence-electron chi connectivity index (χ4n) is 4.75. The van der Waals surface area contributed by atoms with E-state index in [4.69, 9.17) is 14.6 Å². The van der Waals surface area contributed by atoms with Crippen molar-refractivity contribution in [3.63, 3.8) is 0 Å². The SMILES string of the molecule is CC(C)c1nn(C)c(N2CCOCC2)c1CNCC(c1ccc(F)cc1)N1CCOCC1. The highest BCUT2D eigenvalue weighted by atomic mass is 19.1. The fraction of sp³-hybridized carbons (Fsp3) is 0.625. The highest BCUT2D eigenvalue weighted by Gasteiger charge is 2.26. The maximum absolute atomic E-state index is 13.5. The standard InChI is InChI=1S/C24H36FN5O2/c1-18(2)23-21(24(28(3)27-23)30-10-14-32-15-11-30)16-26-17-22(29-8-12-31-13-9-29)19-4-6-20(25)7-5-19/h4-7,18,22,26H,8-17H2,1-3H3. The third-order valence-corrected chi connectivity index (χ3v) is 6.38. The zero-order chi connectivity index (χ0) is 22.5. The second-order valence-corrected chi connectivity index (χ2v) is 8.91. The monoisotopic (exact) mass is 445 g/mol. The molecule has 0 bridgehead atoms. The minimum atomic E-state index is -0.200. The normalized spacial score (nSPS) is 19.0. The summed E-state index contributed by atoms with van der Waals surface area (Å²) >= 11 is 0. The van der Waals surface area contributed by atoms with E-state index in [-0.39, 0.29) is 11.9 Å². The number of hydrogen-bond acceptors (Lipinski definition) is 6. The number of hydrogen-bond donors (Lipinski definition) is 1. The first-order valence-corrected chi connectivity index (χ1v) is 11.7. The van der Waals surface area contributed by atoms with Gasteiger partial charge < -0.3 is 19.7 Å². The Morgan fingerprint density at radius 1 is 1.00 bits per heavy atom. The van der Waals surface area contributed by atoms with Gasteiger partial charge in [-0.25, -0.2) is 4.39 Å². The molecule has 0 aliphatic carbocycles. The molecule has 32 heavy (non-hydrogen) atoms. The van der Waals surface area contributed by atoms with Gasteiger partial charge in [-0.05, 0) is 23.6 Å². The molecule has 2 saturated heterocycles. The van der Waals surface area contributed by atoms with Crippen LogP contribution in [-0.2, 0) is 23.1 Å². The lowest BCUT2D eigenvalue weighted by Gasteiger charge is -2.35. The highest BCUT2D eigenvalue weighted by Crippen LogP contribution is 2.29. The minimum absolute atomic E-state index is 0.172. The lowest BCUT2D eigenvalue weighted by atomic mass is 10.0. The summed E-state index contributed by atoms with van der Waals surface area (Å²) in [6.45, 7) is 12.4. The molecule has 176 valence electrons. The van der Waals surface area contributed by atoms with Crippen LogP contribution in [0.1, 0.15) is 42.6 Å². The van der Waals surface area contributed by atoms with E-state index in [1.54, 1.807) is 12.1 Å². The first-order valence-electron chi connectivity index (χ1n) is 11.7. The van der Waals surface area contributed by atoms with Crippen LogP contribution in [0.5, 0.6) is 0 Å². The van der Waals surface area contributed by atoms with Gasteiger partial charge in [0.1, 0.15) is 11.6 Å². The van der Waals surface area contributed by atoms with E-state index in [1.807, 2.05) is 23.9 Å². The average molecular weight is 446 g/mol. The first kappa shape index (κ1) is 23.2. The van der Waals surface area contributed by atoms with Crippen molar-refractivity contribution in [1.29, 1.82) is 0 Å². The summed E-state index contributed by atoms with van der Waals surface area (Å²) in [7, 11) is 2.04. The Morgan fingerprint density at radius 2 is 1.62 bits per heavy atom. The van der Waals surface area contributed by atoms with Crippen LogP contribution in [0.15, 0.2) is 24.3 Å². The number of rotatable bonds is 8. The van der Waals surface area contributed by atoms with E-state index < -0.39 is 0 Å². The molecule has 1 atom stereocenters. The van der Waals surface area contributed by atoms with Crippen molar-refractivity contribution < 1.29 is 13.9 Å². The molecular formula is C24H36FN5O2. The molecule has 2 fully saturated rings. The van der Waals surface area contributed by atoms with E-state index >= 15 is 0 Å². The zero-order valence-corrected chi connectivity index (χ0v) is 19.5. The van der Waals surface area contributed by atoms with Gasteiger partial charge in [-0.1, -0.05) is 26.0 Å². The third-order valence-electron chi connectivity index (χ3n) is 6.38. The molecule has 0 radical (unpaired) electrons. The van der Waals surface area contributed by atoms with Crippen molar-refractivity contribution in [1.82, 2.24) is 20.0 Å².